The van der Waals surface area contributed by atoms with Gasteiger partial charge in [0.2, 0.25) is 5.76 Å². The van der Waals surface area contributed by atoms with Gasteiger partial charge in [-0.2, -0.15) is 0 Å². The Kier molecular flexibility index (Phi) is 6.74. The molecule has 0 radical (unpaired) electrons. The number of ether oxygens (including phenoxy) is 2. The van der Waals surface area contributed by atoms with Crippen molar-refractivity contribution in [1.29, 1.82) is 0 Å². The molecule has 1 aromatic heterocycles. The van der Waals surface area contributed by atoms with Gasteiger partial charge in [0.25, 0.3) is 5.91 Å². The van der Waals surface area contributed by atoms with Crippen LogP contribution < -0.4 is 14.9 Å². The highest BCUT2D eigenvalue weighted by atomic mass is 16.5. The van der Waals surface area contributed by atoms with Crippen molar-refractivity contribution in [2.24, 2.45) is 5.92 Å². The Morgan fingerprint density at radius 1 is 0.973 bits per heavy atom. The number of rotatable bonds is 8. The van der Waals surface area contributed by atoms with Crippen molar-refractivity contribution in [2.75, 3.05) is 20.3 Å². The number of methoxy groups -OCH3 is 1. The topological polar surface area (TPSA) is 69.0 Å². The molecule has 0 bridgehead atoms. The predicted molar refractivity (Wildman–Crippen MR) is 144 cm³/mol. The number of aryl methyl sites for hydroxylation is 1. The van der Waals surface area contributed by atoms with Crippen LogP contribution in [0.5, 0.6) is 11.5 Å². The molecule has 37 heavy (non-hydrogen) atoms. The summed E-state index contributed by atoms with van der Waals surface area (Å²) in [5.74, 6) is 1.37. The first-order chi connectivity index (χ1) is 17.9. The van der Waals surface area contributed by atoms with Gasteiger partial charge < -0.3 is 18.8 Å². The summed E-state index contributed by atoms with van der Waals surface area (Å²) in [6.45, 7) is 7.08. The maximum atomic E-state index is 13.8. The maximum Gasteiger partial charge on any atom is 0.290 e. The molecule has 0 saturated heterocycles. The predicted octanol–water partition coefficient (Wildman–Crippen LogP) is 5.93. The third-order valence-electron chi connectivity index (χ3n) is 6.68. The number of nitrogens with zero attached hydrogens (tertiary/aromatic N) is 1. The summed E-state index contributed by atoms with van der Waals surface area (Å²) < 4.78 is 17.7. The molecule has 4 aromatic rings. The molecule has 2 heterocycles. The number of fused-ring (bicyclic) bond motifs is 2. The molecule has 0 saturated carbocycles. The third-order valence-corrected chi connectivity index (χ3v) is 6.68. The highest BCUT2D eigenvalue weighted by molar-refractivity contribution is 5.99. The number of carbonyl (C=O) groups is 1. The van der Waals surface area contributed by atoms with Gasteiger partial charge in [-0.1, -0.05) is 61.9 Å². The van der Waals surface area contributed by atoms with Crippen LogP contribution in [0.15, 0.2) is 75.9 Å². The van der Waals surface area contributed by atoms with E-state index >= 15 is 0 Å². The quantitative estimate of drug-likeness (QED) is 0.302. The standard InChI is InChI=1S/C31H31NO5/c1-19(2)18-36-25-13-11-22(17-26(25)35-4)28-27-29(33)23-16-20(3)10-12-24(23)37-30(27)31(34)32(28)15-14-21-8-6-5-7-9-21/h5-13,16-17,19,28H,14-15,18H2,1-4H3. The van der Waals surface area contributed by atoms with E-state index in [1.54, 1.807) is 18.1 Å². The first-order valence-electron chi connectivity index (χ1n) is 12.6. The van der Waals surface area contributed by atoms with Gasteiger partial charge in [-0.25, -0.2) is 0 Å². The van der Waals surface area contributed by atoms with E-state index < -0.39 is 6.04 Å². The highest BCUT2D eigenvalue weighted by Crippen LogP contribution is 2.41. The highest BCUT2D eigenvalue weighted by Gasteiger charge is 2.42. The van der Waals surface area contributed by atoms with Crippen LogP contribution in [0.2, 0.25) is 0 Å². The van der Waals surface area contributed by atoms with Crippen molar-refractivity contribution in [1.82, 2.24) is 4.90 Å². The fraction of sp³-hybridized carbons (Fsp3) is 0.290. The molecule has 0 fully saturated rings. The van der Waals surface area contributed by atoms with E-state index in [2.05, 4.69) is 13.8 Å². The van der Waals surface area contributed by atoms with Gasteiger partial charge in [-0.3, -0.25) is 9.59 Å². The molecule has 0 spiro atoms. The smallest absolute Gasteiger partial charge is 0.290 e. The van der Waals surface area contributed by atoms with Gasteiger partial charge in [0, 0.05) is 6.54 Å². The lowest BCUT2D eigenvalue weighted by Crippen LogP contribution is -2.31. The molecule has 1 aliphatic rings. The minimum atomic E-state index is -0.597. The molecule has 3 aromatic carbocycles. The second-order valence-corrected chi connectivity index (χ2v) is 9.93. The van der Waals surface area contributed by atoms with Crippen molar-refractivity contribution in [2.45, 2.75) is 33.2 Å². The van der Waals surface area contributed by atoms with Crippen LogP contribution in [-0.2, 0) is 6.42 Å². The van der Waals surface area contributed by atoms with E-state index in [0.717, 1.165) is 16.7 Å². The van der Waals surface area contributed by atoms with E-state index in [4.69, 9.17) is 13.9 Å². The average molecular weight is 498 g/mol. The molecule has 6 heteroatoms. The lowest BCUT2D eigenvalue weighted by molar-refractivity contribution is 0.0730. The fourth-order valence-electron chi connectivity index (χ4n) is 4.84. The van der Waals surface area contributed by atoms with Crippen molar-refractivity contribution < 1.29 is 18.7 Å². The molecule has 5 rings (SSSR count). The molecule has 1 unspecified atom stereocenters. The molecule has 0 aliphatic carbocycles. The largest absolute Gasteiger partial charge is 0.493 e. The molecule has 6 nitrogen and oxygen atoms in total. The lowest BCUT2D eigenvalue weighted by Gasteiger charge is -2.26. The molecule has 190 valence electrons. The third kappa shape index (κ3) is 4.71. The SMILES string of the molecule is COc1cc(C2c3c(oc4ccc(C)cc4c3=O)C(=O)N2CCc2ccccc2)ccc1OCC(C)C. The summed E-state index contributed by atoms with van der Waals surface area (Å²) in [7, 11) is 1.59. The van der Waals surface area contributed by atoms with Gasteiger partial charge in [-0.15, -0.1) is 0 Å². The summed E-state index contributed by atoms with van der Waals surface area (Å²) in [6.07, 6.45) is 0.649. The molecular weight excluding hydrogens is 466 g/mol. The van der Waals surface area contributed by atoms with Crippen molar-refractivity contribution in [3.63, 3.8) is 0 Å². The minimum absolute atomic E-state index is 0.110. The first kappa shape index (κ1) is 24.6. The van der Waals surface area contributed by atoms with Crippen molar-refractivity contribution >= 4 is 16.9 Å². The van der Waals surface area contributed by atoms with E-state index in [1.165, 1.54) is 0 Å². The second-order valence-electron chi connectivity index (χ2n) is 9.93. The fourth-order valence-corrected chi connectivity index (χ4v) is 4.84. The Bertz CT molecular complexity index is 1510. The zero-order chi connectivity index (χ0) is 26.1. The summed E-state index contributed by atoms with van der Waals surface area (Å²) in [5, 5.41) is 0.477. The number of hydrogen-bond donors (Lipinski definition) is 0. The molecule has 1 amide bonds. The van der Waals surface area contributed by atoms with Gasteiger partial charge in [0.15, 0.2) is 16.9 Å². The van der Waals surface area contributed by atoms with Gasteiger partial charge in [-0.05, 0) is 54.7 Å². The summed E-state index contributed by atoms with van der Waals surface area (Å²) in [6, 6.07) is 20.5. The van der Waals surface area contributed by atoms with Crippen LogP contribution in [0.4, 0.5) is 0 Å². The monoisotopic (exact) mass is 497 g/mol. The van der Waals surface area contributed by atoms with E-state index in [1.807, 2.05) is 67.6 Å². The first-order valence-corrected chi connectivity index (χ1v) is 12.6. The van der Waals surface area contributed by atoms with E-state index in [0.29, 0.717) is 53.5 Å². The Balaban J connectivity index is 1.62. The second kappa shape index (κ2) is 10.1. The lowest BCUT2D eigenvalue weighted by atomic mass is 9.97. The van der Waals surface area contributed by atoms with Gasteiger partial charge >= 0.3 is 0 Å². The van der Waals surface area contributed by atoms with Gasteiger partial charge in [0.05, 0.1) is 30.7 Å². The van der Waals surface area contributed by atoms with E-state index in [-0.39, 0.29) is 17.1 Å². The Hall–Kier alpha value is -4.06. The van der Waals surface area contributed by atoms with Crippen LogP contribution >= 0.6 is 0 Å². The summed E-state index contributed by atoms with van der Waals surface area (Å²) in [4.78, 5) is 29.3. The van der Waals surface area contributed by atoms with Crippen LogP contribution in [0.25, 0.3) is 11.0 Å². The summed E-state index contributed by atoms with van der Waals surface area (Å²) >= 11 is 0. The zero-order valence-electron chi connectivity index (χ0n) is 21.6. The minimum Gasteiger partial charge on any atom is -0.493 e. The van der Waals surface area contributed by atoms with Gasteiger partial charge in [0.1, 0.15) is 5.58 Å². The van der Waals surface area contributed by atoms with Crippen LogP contribution in [0.3, 0.4) is 0 Å². The number of benzene rings is 3. The number of carbonyl (C=O) groups excluding carboxylic acids is 1. The Labute approximate surface area is 216 Å². The van der Waals surface area contributed by atoms with Crippen molar-refractivity contribution in [3.05, 3.63) is 105 Å². The maximum absolute atomic E-state index is 13.8. The Morgan fingerprint density at radius 3 is 2.49 bits per heavy atom. The van der Waals surface area contributed by atoms with E-state index in [9.17, 15) is 9.59 Å². The number of hydrogen-bond acceptors (Lipinski definition) is 5. The van der Waals surface area contributed by atoms with Crippen LogP contribution in [0.1, 0.15) is 52.7 Å². The molecule has 1 atom stereocenters. The van der Waals surface area contributed by atoms with Crippen LogP contribution in [0, 0.1) is 12.8 Å². The molecule has 0 N–H and O–H groups in total. The zero-order valence-corrected chi connectivity index (χ0v) is 21.6. The Morgan fingerprint density at radius 2 is 1.76 bits per heavy atom. The molecule has 1 aliphatic heterocycles. The van der Waals surface area contributed by atoms with Crippen molar-refractivity contribution in [3.8, 4) is 11.5 Å². The molecular formula is C31H31NO5. The van der Waals surface area contributed by atoms with Crippen LogP contribution in [-0.4, -0.2) is 31.1 Å². The number of amides is 1. The summed E-state index contributed by atoms with van der Waals surface area (Å²) in [5.41, 5.74) is 3.44. The average Bonchev–Trinajstić information content (AvgIpc) is 3.18. The normalized spacial score (nSPS) is 14.9.